The standard InChI is InChI=1S/C19H25FN4O/c1-10(2)15(20)9-6-11(3)12(4)24-18-16(17(23-24)14-7-8-14)19(25)22-13(5)21-18/h6,9,12,14,16,18H,3,7-8H2,1-2,4-5H3,(H,21,22,25)/b9-6-/t12?,16-,18?/m1/s1. The van der Waals surface area contributed by atoms with Gasteiger partial charge < -0.3 is 5.32 Å². The van der Waals surface area contributed by atoms with Crippen molar-refractivity contribution in [1.29, 1.82) is 0 Å². The number of rotatable bonds is 5. The highest BCUT2D eigenvalue weighted by atomic mass is 19.1. The molecule has 2 unspecified atom stereocenters. The van der Waals surface area contributed by atoms with Gasteiger partial charge in [0.1, 0.15) is 17.6 Å². The zero-order valence-electron chi connectivity index (χ0n) is 15.2. The summed E-state index contributed by atoms with van der Waals surface area (Å²) in [4.78, 5) is 17.1. The van der Waals surface area contributed by atoms with Crippen molar-refractivity contribution >= 4 is 17.5 Å². The van der Waals surface area contributed by atoms with Crippen LogP contribution in [0.4, 0.5) is 4.39 Å². The Kier molecular flexibility index (Phi) is 4.62. The lowest BCUT2D eigenvalue weighted by Crippen LogP contribution is -2.51. The molecule has 0 aromatic rings. The Hall–Kier alpha value is -2.24. The molecule has 1 aliphatic carbocycles. The SMILES string of the molecule is C=C(/C=C\C(F)=C(C)C)C(C)N1N=C(C2CC2)[C@H]2C(=O)NC(C)=NC21. The number of hydrazone groups is 1. The van der Waals surface area contributed by atoms with Crippen LogP contribution in [-0.4, -0.2) is 34.7 Å². The largest absolute Gasteiger partial charge is 0.314 e. The van der Waals surface area contributed by atoms with Gasteiger partial charge in [-0.3, -0.25) is 9.80 Å². The Bertz CT molecular complexity index is 726. The minimum Gasteiger partial charge on any atom is -0.314 e. The Morgan fingerprint density at radius 1 is 1.40 bits per heavy atom. The van der Waals surface area contributed by atoms with Crippen LogP contribution in [0.5, 0.6) is 0 Å². The smallest absolute Gasteiger partial charge is 0.238 e. The number of allylic oxidation sites excluding steroid dienone is 3. The Morgan fingerprint density at radius 3 is 2.68 bits per heavy atom. The van der Waals surface area contributed by atoms with Crippen LogP contribution in [0.3, 0.4) is 0 Å². The zero-order chi connectivity index (χ0) is 18.3. The van der Waals surface area contributed by atoms with Gasteiger partial charge in [0, 0.05) is 5.92 Å². The topological polar surface area (TPSA) is 57.1 Å². The normalized spacial score (nSPS) is 26.8. The molecular formula is C19H25FN4O. The summed E-state index contributed by atoms with van der Waals surface area (Å²) in [6, 6.07) is -0.174. The predicted molar refractivity (Wildman–Crippen MR) is 97.8 cm³/mol. The third-order valence-corrected chi connectivity index (χ3v) is 4.88. The fourth-order valence-electron chi connectivity index (χ4n) is 3.14. The molecule has 1 N–H and O–H groups in total. The predicted octanol–water partition coefficient (Wildman–Crippen LogP) is 3.32. The van der Waals surface area contributed by atoms with Gasteiger partial charge in [0.25, 0.3) is 0 Å². The van der Waals surface area contributed by atoms with Crippen LogP contribution in [0.1, 0.15) is 40.5 Å². The van der Waals surface area contributed by atoms with Crippen LogP contribution >= 0.6 is 0 Å². The lowest BCUT2D eigenvalue weighted by atomic mass is 9.94. The van der Waals surface area contributed by atoms with E-state index < -0.39 is 0 Å². The van der Waals surface area contributed by atoms with E-state index in [1.807, 2.05) is 11.9 Å². The number of carbonyl (C=O) groups is 1. The van der Waals surface area contributed by atoms with Crippen molar-refractivity contribution < 1.29 is 9.18 Å². The molecule has 0 bridgehead atoms. The van der Waals surface area contributed by atoms with Crippen molar-refractivity contribution in [3.63, 3.8) is 0 Å². The summed E-state index contributed by atoms with van der Waals surface area (Å²) in [5.74, 6) is 0.365. The summed E-state index contributed by atoms with van der Waals surface area (Å²) >= 11 is 0. The van der Waals surface area contributed by atoms with Gasteiger partial charge in [-0.15, -0.1) is 0 Å². The molecule has 1 saturated carbocycles. The number of fused-ring (bicyclic) bond motifs is 1. The number of aliphatic imine (C=N–C) groups is 1. The fraction of sp³-hybridized carbons (Fsp3) is 0.526. The van der Waals surface area contributed by atoms with E-state index in [0.29, 0.717) is 17.3 Å². The molecule has 3 aliphatic rings. The van der Waals surface area contributed by atoms with Crippen LogP contribution in [0.2, 0.25) is 0 Å². The number of nitrogens with zero attached hydrogens (tertiary/aromatic N) is 3. The van der Waals surface area contributed by atoms with Crippen LogP contribution in [0.25, 0.3) is 0 Å². The van der Waals surface area contributed by atoms with Crippen molar-refractivity contribution in [3.8, 4) is 0 Å². The molecule has 0 radical (unpaired) electrons. The van der Waals surface area contributed by atoms with Crippen molar-refractivity contribution in [3.05, 3.63) is 35.7 Å². The van der Waals surface area contributed by atoms with Gasteiger partial charge in [0.2, 0.25) is 5.91 Å². The lowest BCUT2D eigenvalue weighted by molar-refractivity contribution is -0.123. The summed E-state index contributed by atoms with van der Waals surface area (Å²) in [5, 5.41) is 9.42. The highest BCUT2D eigenvalue weighted by molar-refractivity contribution is 6.13. The number of amidine groups is 1. The molecule has 134 valence electrons. The van der Waals surface area contributed by atoms with Gasteiger partial charge in [-0.05, 0) is 57.8 Å². The highest BCUT2D eigenvalue weighted by Crippen LogP contribution is 2.41. The second kappa shape index (κ2) is 6.58. The van der Waals surface area contributed by atoms with E-state index in [2.05, 4.69) is 16.9 Å². The van der Waals surface area contributed by atoms with Gasteiger partial charge in [-0.2, -0.15) is 5.10 Å². The molecule has 25 heavy (non-hydrogen) atoms. The molecule has 2 heterocycles. The van der Waals surface area contributed by atoms with Gasteiger partial charge >= 0.3 is 0 Å². The van der Waals surface area contributed by atoms with E-state index in [1.165, 1.54) is 6.08 Å². The summed E-state index contributed by atoms with van der Waals surface area (Å²) < 4.78 is 13.7. The molecule has 0 spiro atoms. The summed E-state index contributed by atoms with van der Waals surface area (Å²) in [6.07, 6.45) is 4.92. The monoisotopic (exact) mass is 344 g/mol. The van der Waals surface area contributed by atoms with Crippen molar-refractivity contribution in [2.24, 2.45) is 21.9 Å². The van der Waals surface area contributed by atoms with E-state index in [9.17, 15) is 9.18 Å². The van der Waals surface area contributed by atoms with Crippen LogP contribution in [0.15, 0.2) is 45.8 Å². The second-order valence-electron chi connectivity index (χ2n) is 7.21. The third kappa shape index (κ3) is 3.43. The van der Waals surface area contributed by atoms with Crippen LogP contribution < -0.4 is 5.32 Å². The van der Waals surface area contributed by atoms with Gasteiger partial charge in [-0.25, -0.2) is 9.38 Å². The number of halogens is 1. The maximum Gasteiger partial charge on any atom is 0.238 e. The third-order valence-electron chi connectivity index (χ3n) is 4.88. The van der Waals surface area contributed by atoms with E-state index >= 15 is 0 Å². The minimum atomic E-state index is -0.335. The van der Waals surface area contributed by atoms with E-state index in [0.717, 1.165) is 24.1 Å². The molecule has 1 amide bonds. The number of nitrogens with one attached hydrogen (secondary N) is 1. The number of hydrogen-bond acceptors (Lipinski definition) is 4. The number of hydrogen-bond donors (Lipinski definition) is 1. The van der Waals surface area contributed by atoms with E-state index in [-0.39, 0.29) is 29.9 Å². The summed E-state index contributed by atoms with van der Waals surface area (Å²) in [6.45, 7) is 11.2. The van der Waals surface area contributed by atoms with Crippen LogP contribution in [-0.2, 0) is 4.79 Å². The molecule has 0 saturated heterocycles. The first kappa shape index (κ1) is 17.6. The first-order valence-electron chi connectivity index (χ1n) is 8.71. The van der Waals surface area contributed by atoms with Crippen LogP contribution in [0, 0.1) is 11.8 Å². The molecule has 6 heteroatoms. The highest BCUT2D eigenvalue weighted by Gasteiger charge is 2.50. The Balaban J connectivity index is 1.85. The van der Waals surface area contributed by atoms with Gasteiger partial charge in [0.15, 0.2) is 6.17 Å². The molecule has 1 fully saturated rings. The van der Waals surface area contributed by atoms with Crippen molar-refractivity contribution in [2.45, 2.75) is 52.7 Å². The Morgan fingerprint density at radius 2 is 2.08 bits per heavy atom. The molecular weight excluding hydrogens is 319 g/mol. The second-order valence-corrected chi connectivity index (χ2v) is 7.21. The molecule has 3 rings (SSSR count). The van der Waals surface area contributed by atoms with Crippen molar-refractivity contribution in [1.82, 2.24) is 10.3 Å². The summed E-state index contributed by atoms with van der Waals surface area (Å²) in [5.41, 5.74) is 2.28. The van der Waals surface area contributed by atoms with E-state index in [4.69, 9.17) is 5.10 Å². The van der Waals surface area contributed by atoms with E-state index in [1.54, 1.807) is 26.8 Å². The number of carbonyl (C=O) groups excluding carboxylic acids is 1. The molecule has 3 atom stereocenters. The average molecular weight is 344 g/mol. The van der Waals surface area contributed by atoms with Crippen molar-refractivity contribution in [2.75, 3.05) is 0 Å². The minimum absolute atomic E-state index is 0.0328. The fourth-order valence-corrected chi connectivity index (χ4v) is 3.14. The molecule has 0 aromatic heterocycles. The molecule has 5 nitrogen and oxygen atoms in total. The summed E-state index contributed by atoms with van der Waals surface area (Å²) in [7, 11) is 0. The molecule has 2 aliphatic heterocycles. The number of amides is 1. The van der Waals surface area contributed by atoms with Gasteiger partial charge in [0.05, 0.1) is 11.8 Å². The quantitative estimate of drug-likeness (QED) is 0.778. The maximum atomic E-state index is 13.7. The molecule has 0 aromatic carbocycles. The maximum absolute atomic E-state index is 13.7. The first-order chi connectivity index (χ1) is 11.8. The average Bonchev–Trinajstić information content (AvgIpc) is 3.32. The zero-order valence-corrected chi connectivity index (χ0v) is 15.2. The first-order valence-corrected chi connectivity index (χ1v) is 8.71. The lowest BCUT2D eigenvalue weighted by Gasteiger charge is -2.32. The Labute approximate surface area is 148 Å². The van der Waals surface area contributed by atoms with Gasteiger partial charge in [-0.1, -0.05) is 12.7 Å².